The summed E-state index contributed by atoms with van der Waals surface area (Å²) in [7, 11) is 1.85. The molecule has 122 valence electrons. The Morgan fingerprint density at radius 3 is 2.71 bits per heavy atom. The number of halogens is 1. The highest BCUT2D eigenvalue weighted by atomic mass is 32.2. The van der Waals surface area contributed by atoms with Crippen molar-refractivity contribution in [2.75, 3.05) is 0 Å². The van der Waals surface area contributed by atoms with Gasteiger partial charge in [0, 0.05) is 18.9 Å². The lowest BCUT2D eigenvalue weighted by molar-refractivity contribution is -0.123. The third kappa shape index (κ3) is 3.10. The second-order valence-electron chi connectivity index (χ2n) is 4.98. The second kappa shape index (κ2) is 6.58. The van der Waals surface area contributed by atoms with Crippen molar-refractivity contribution in [3.63, 3.8) is 0 Å². The predicted octanol–water partition coefficient (Wildman–Crippen LogP) is 2.71. The van der Waals surface area contributed by atoms with E-state index < -0.39 is 17.6 Å². The molecule has 1 aromatic heterocycles. The molecule has 1 fully saturated rings. The molecule has 1 aliphatic heterocycles. The number of aryl methyl sites for hydroxylation is 1. The van der Waals surface area contributed by atoms with Gasteiger partial charge in [-0.2, -0.15) is 5.01 Å². The Balaban J connectivity index is 1.80. The van der Waals surface area contributed by atoms with Crippen LogP contribution in [-0.2, 0) is 11.8 Å². The molecule has 2 amide bonds. The van der Waals surface area contributed by atoms with Gasteiger partial charge in [0.05, 0.1) is 10.5 Å². The number of carbonyl (C=O) groups excluding carboxylic acids is 2. The molecule has 1 aromatic carbocycles. The molecule has 0 spiro atoms. The molecule has 0 unspecified atom stereocenters. The Morgan fingerprint density at radius 1 is 1.29 bits per heavy atom. The summed E-state index contributed by atoms with van der Waals surface area (Å²) < 4.78 is 15.7. The Hall–Kier alpha value is -2.45. The Kier molecular flexibility index (Phi) is 4.50. The van der Waals surface area contributed by atoms with E-state index in [2.05, 4.69) is 5.43 Å². The minimum absolute atomic E-state index is 0.155. The number of benzene rings is 1. The van der Waals surface area contributed by atoms with Gasteiger partial charge in [0.15, 0.2) is 4.32 Å². The van der Waals surface area contributed by atoms with Crippen molar-refractivity contribution in [3.05, 3.63) is 64.6 Å². The molecule has 0 aliphatic carbocycles. The van der Waals surface area contributed by atoms with Gasteiger partial charge < -0.3 is 4.57 Å². The second-order valence-corrected chi connectivity index (χ2v) is 6.66. The number of rotatable bonds is 3. The van der Waals surface area contributed by atoms with Gasteiger partial charge in [-0.25, -0.2) is 4.39 Å². The third-order valence-electron chi connectivity index (χ3n) is 3.39. The topological polar surface area (TPSA) is 54.3 Å². The Morgan fingerprint density at radius 2 is 2.04 bits per heavy atom. The van der Waals surface area contributed by atoms with Crippen LogP contribution in [0.4, 0.5) is 4.39 Å². The molecule has 5 nitrogen and oxygen atoms in total. The zero-order chi connectivity index (χ0) is 17.3. The van der Waals surface area contributed by atoms with Crippen LogP contribution in [0.15, 0.2) is 47.5 Å². The normalized spacial score (nSPS) is 16.1. The first-order chi connectivity index (χ1) is 11.5. The van der Waals surface area contributed by atoms with E-state index in [-0.39, 0.29) is 9.88 Å². The van der Waals surface area contributed by atoms with Crippen molar-refractivity contribution >= 4 is 46.2 Å². The lowest BCUT2D eigenvalue weighted by Crippen LogP contribution is -2.45. The highest BCUT2D eigenvalue weighted by Crippen LogP contribution is 2.31. The molecule has 0 bridgehead atoms. The lowest BCUT2D eigenvalue weighted by Gasteiger charge is -2.15. The number of carbonyl (C=O) groups is 2. The summed E-state index contributed by atoms with van der Waals surface area (Å²) >= 11 is 6.21. The summed E-state index contributed by atoms with van der Waals surface area (Å²) in [5.74, 6) is -1.85. The Labute approximate surface area is 147 Å². The highest BCUT2D eigenvalue weighted by Gasteiger charge is 2.34. The molecule has 8 heteroatoms. The number of nitrogens with zero attached hydrogens (tertiary/aromatic N) is 2. The third-order valence-corrected chi connectivity index (χ3v) is 4.69. The molecule has 1 aliphatic rings. The smallest absolute Gasteiger partial charge is 0.285 e. The van der Waals surface area contributed by atoms with Gasteiger partial charge in [0.2, 0.25) is 0 Å². The van der Waals surface area contributed by atoms with E-state index in [1.54, 1.807) is 6.08 Å². The fraction of sp³-hybridized carbons (Fsp3) is 0.0625. The number of amides is 2. The number of hydrogen-bond donors (Lipinski definition) is 1. The zero-order valence-corrected chi connectivity index (χ0v) is 14.2. The molecule has 2 aromatic rings. The van der Waals surface area contributed by atoms with E-state index in [0.717, 1.165) is 22.5 Å². The van der Waals surface area contributed by atoms with Crippen LogP contribution in [0, 0.1) is 5.82 Å². The highest BCUT2D eigenvalue weighted by molar-refractivity contribution is 8.26. The molecule has 0 radical (unpaired) electrons. The first kappa shape index (κ1) is 16.4. The van der Waals surface area contributed by atoms with Crippen LogP contribution < -0.4 is 5.43 Å². The van der Waals surface area contributed by atoms with Crippen molar-refractivity contribution in [2.24, 2.45) is 7.05 Å². The molecule has 1 saturated heterocycles. The minimum atomic E-state index is -0.732. The molecule has 0 atom stereocenters. The van der Waals surface area contributed by atoms with Crippen molar-refractivity contribution < 1.29 is 14.0 Å². The summed E-state index contributed by atoms with van der Waals surface area (Å²) in [5, 5.41) is 0.962. The maximum absolute atomic E-state index is 13.7. The molecule has 1 N–H and O–H groups in total. The monoisotopic (exact) mass is 361 g/mol. The SMILES string of the molecule is Cn1cccc1C=C1SC(=S)N(NC(=O)c2ccccc2F)C1=O. The van der Waals surface area contributed by atoms with Crippen molar-refractivity contribution in [1.82, 2.24) is 15.0 Å². The number of thiocarbonyl (C=S) groups is 1. The molecular formula is C16H12FN3O2S2. The molecule has 0 saturated carbocycles. The van der Waals surface area contributed by atoms with Crippen LogP contribution >= 0.6 is 24.0 Å². The molecule has 24 heavy (non-hydrogen) atoms. The average molecular weight is 361 g/mol. The summed E-state index contributed by atoms with van der Waals surface area (Å²) in [6.45, 7) is 0. The fourth-order valence-corrected chi connectivity index (χ4v) is 3.29. The van der Waals surface area contributed by atoms with E-state index in [1.807, 2.05) is 29.9 Å². The molecule has 2 heterocycles. The summed E-state index contributed by atoms with van der Waals surface area (Å²) in [6.07, 6.45) is 3.54. The van der Waals surface area contributed by atoms with Gasteiger partial charge in [-0.15, -0.1) is 0 Å². The van der Waals surface area contributed by atoms with Gasteiger partial charge in [0.25, 0.3) is 11.8 Å². The quantitative estimate of drug-likeness (QED) is 0.675. The van der Waals surface area contributed by atoms with Crippen LogP contribution in [0.25, 0.3) is 6.08 Å². The van der Waals surface area contributed by atoms with Crippen LogP contribution in [-0.4, -0.2) is 25.7 Å². The number of hydrogen-bond acceptors (Lipinski definition) is 4. The molecule has 3 rings (SSSR count). The van der Waals surface area contributed by atoms with E-state index in [0.29, 0.717) is 4.91 Å². The first-order valence-corrected chi connectivity index (χ1v) is 8.14. The van der Waals surface area contributed by atoms with Crippen molar-refractivity contribution in [1.29, 1.82) is 0 Å². The van der Waals surface area contributed by atoms with E-state index in [1.165, 1.54) is 24.3 Å². The number of nitrogens with one attached hydrogen (secondary N) is 1. The van der Waals surface area contributed by atoms with Gasteiger partial charge in [0.1, 0.15) is 5.82 Å². The number of aromatic nitrogens is 1. The number of hydrazine groups is 1. The average Bonchev–Trinajstić information content (AvgIpc) is 3.06. The fourth-order valence-electron chi connectivity index (χ4n) is 2.13. The van der Waals surface area contributed by atoms with Gasteiger partial charge in [-0.05, 0) is 42.6 Å². The van der Waals surface area contributed by atoms with Crippen molar-refractivity contribution in [2.45, 2.75) is 0 Å². The largest absolute Gasteiger partial charge is 0.351 e. The molecular weight excluding hydrogens is 349 g/mol. The minimum Gasteiger partial charge on any atom is -0.351 e. The van der Waals surface area contributed by atoms with Crippen LogP contribution in [0.5, 0.6) is 0 Å². The van der Waals surface area contributed by atoms with Gasteiger partial charge in [-0.1, -0.05) is 23.9 Å². The van der Waals surface area contributed by atoms with Gasteiger partial charge >= 0.3 is 0 Å². The summed E-state index contributed by atoms with van der Waals surface area (Å²) in [4.78, 5) is 25.0. The summed E-state index contributed by atoms with van der Waals surface area (Å²) in [6, 6.07) is 9.24. The number of thioether (sulfide) groups is 1. The Bertz CT molecular complexity index is 876. The summed E-state index contributed by atoms with van der Waals surface area (Å²) in [5.41, 5.74) is 3.03. The van der Waals surface area contributed by atoms with E-state index in [4.69, 9.17) is 12.2 Å². The van der Waals surface area contributed by atoms with E-state index >= 15 is 0 Å². The first-order valence-electron chi connectivity index (χ1n) is 6.92. The predicted molar refractivity (Wildman–Crippen MR) is 94.3 cm³/mol. The standard InChI is InChI=1S/C16H12FN3O2S2/c1-19-8-4-5-10(19)9-13-15(22)20(16(23)24-13)18-14(21)11-6-2-3-7-12(11)17/h2-9H,1H3,(H,18,21). The van der Waals surface area contributed by atoms with Gasteiger partial charge in [-0.3, -0.25) is 15.0 Å². The maximum Gasteiger partial charge on any atom is 0.285 e. The maximum atomic E-state index is 13.7. The zero-order valence-electron chi connectivity index (χ0n) is 12.5. The van der Waals surface area contributed by atoms with Crippen LogP contribution in [0.3, 0.4) is 0 Å². The van der Waals surface area contributed by atoms with Crippen LogP contribution in [0.1, 0.15) is 16.1 Å². The van der Waals surface area contributed by atoms with E-state index in [9.17, 15) is 14.0 Å². The lowest BCUT2D eigenvalue weighted by atomic mass is 10.2. The van der Waals surface area contributed by atoms with Crippen LogP contribution in [0.2, 0.25) is 0 Å². The van der Waals surface area contributed by atoms with Crippen molar-refractivity contribution in [3.8, 4) is 0 Å².